The maximum Gasteiger partial charge on any atom is 0.287 e. The molecule has 0 unspecified atom stereocenters. The predicted molar refractivity (Wildman–Crippen MR) is 71.2 cm³/mol. The lowest BCUT2D eigenvalue weighted by Crippen LogP contribution is -2.36. The number of rotatable bonds is 2. The Labute approximate surface area is 109 Å². The van der Waals surface area contributed by atoms with Crippen molar-refractivity contribution in [1.29, 1.82) is 0 Å². The van der Waals surface area contributed by atoms with Crippen LogP contribution in [0.25, 0.3) is 11.0 Å². The molecule has 1 atom stereocenters. The molecule has 1 aliphatic rings. The lowest BCUT2D eigenvalue weighted by molar-refractivity contribution is 0.0912. The number of nitrogens with one attached hydrogen (secondary N) is 2. The summed E-state index contributed by atoms with van der Waals surface area (Å²) < 4.78 is 5.48. The quantitative estimate of drug-likeness (QED) is 0.839. The fourth-order valence-electron chi connectivity index (χ4n) is 2.25. The number of carbonyl (C=O) groups excluding carboxylic acids is 1. The van der Waals surface area contributed by atoms with E-state index in [1.165, 1.54) is 6.07 Å². The fourth-order valence-corrected chi connectivity index (χ4v) is 2.25. The average Bonchev–Trinajstić information content (AvgIpc) is 2.91. The zero-order chi connectivity index (χ0) is 13.2. The van der Waals surface area contributed by atoms with Gasteiger partial charge in [0.1, 0.15) is 5.58 Å². The Kier molecular flexibility index (Phi) is 3.05. The topological polar surface area (TPSA) is 71.3 Å². The van der Waals surface area contributed by atoms with E-state index in [-0.39, 0.29) is 23.1 Å². The summed E-state index contributed by atoms with van der Waals surface area (Å²) >= 11 is 0. The van der Waals surface area contributed by atoms with Gasteiger partial charge in [0, 0.05) is 18.7 Å². The second-order valence-corrected chi connectivity index (χ2v) is 4.63. The van der Waals surface area contributed by atoms with E-state index in [2.05, 4.69) is 10.6 Å². The van der Waals surface area contributed by atoms with Gasteiger partial charge in [0.15, 0.2) is 11.2 Å². The van der Waals surface area contributed by atoms with Crippen LogP contribution in [-0.4, -0.2) is 25.0 Å². The molecular weight excluding hydrogens is 244 g/mol. The minimum absolute atomic E-state index is 0.0654. The summed E-state index contributed by atoms with van der Waals surface area (Å²) in [6, 6.07) is 8.26. The minimum atomic E-state index is -0.337. The molecule has 0 bridgehead atoms. The lowest BCUT2D eigenvalue weighted by atomic mass is 10.2. The number of hydrogen-bond donors (Lipinski definition) is 2. The van der Waals surface area contributed by atoms with Crippen molar-refractivity contribution in [3.05, 3.63) is 46.3 Å². The van der Waals surface area contributed by atoms with Gasteiger partial charge in [0.25, 0.3) is 5.91 Å². The molecular formula is C14H14N2O3. The van der Waals surface area contributed by atoms with Crippen molar-refractivity contribution in [2.75, 3.05) is 13.1 Å². The van der Waals surface area contributed by atoms with Crippen molar-refractivity contribution in [2.24, 2.45) is 0 Å². The first-order chi connectivity index (χ1) is 9.24. The maximum absolute atomic E-state index is 12.0. The molecule has 2 aromatic rings. The molecule has 0 radical (unpaired) electrons. The molecule has 1 aromatic carbocycles. The molecule has 0 spiro atoms. The normalized spacial score (nSPS) is 18.6. The van der Waals surface area contributed by atoms with Gasteiger partial charge < -0.3 is 15.1 Å². The van der Waals surface area contributed by atoms with Crippen LogP contribution < -0.4 is 16.1 Å². The van der Waals surface area contributed by atoms with Crippen molar-refractivity contribution in [3.8, 4) is 0 Å². The van der Waals surface area contributed by atoms with Gasteiger partial charge in [0.05, 0.1) is 5.39 Å². The largest absolute Gasteiger partial charge is 0.451 e. The SMILES string of the molecule is O=C(N[C@H]1CCNC1)c1cc(=O)c2ccccc2o1. The monoisotopic (exact) mass is 258 g/mol. The van der Waals surface area contributed by atoms with Crippen LogP contribution in [0.15, 0.2) is 39.5 Å². The molecule has 1 amide bonds. The summed E-state index contributed by atoms with van der Waals surface area (Å²) in [5, 5.41) is 6.50. The van der Waals surface area contributed by atoms with Gasteiger partial charge in [-0.25, -0.2) is 0 Å². The van der Waals surface area contributed by atoms with E-state index >= 15 is 0 Å². The second kappa shape index (κ2) is 4.85. The Bertz CT molecular complexity index is 672. The van der Waals surface area contributed by atoms with Crippen molar-refractivity contribution >= 4 is 16.9 Å². The van der Waals surface area contributed by atoms with Gasteiger partial charge in [-0.2, -0.15) is 0 Å². The van der Waals surface area contributed by atoms with Crippen molar-refractivity contribution in [3.63, 3.8) is 0 Å². The minimum Gasteiger partial charge on any atom is -0.451 e. The smallest absolute Gasteiger partial charge is 0.287 e. The van der Waals surface area contributed by atoms with Gasteiger partial charge in [-0.3, -0.25) is 9.59 Å². The molecule has 1 saturated heterocycles. The Morgan fingerprint density at radius 3 is 3.00 bits per heavy atom. The summed E-state index contributed by atoms with van der Waals surface area (Å²) in [4.78, 5) is 23.9. The van der Waals surface area contributed by atoms with Crippen LogP contribution in [0.2, 0.25) is 0 Å². The second-order valence-electron chi connectivity index (χ2n) is 4.63. The molecule has 2 heterocycles. The summed E-state index contributed by atoms with van der Waals surface area (Å²) in [5.41, 5.74) is 0.237. The highest BCUT2D eigenvalue weighted by Gasteiger charge is 2.19. The molecule has 3 rings (SSSR count). The van der Waals surface area contributed by atoms with Crippen LogP contribution in [0, 0.1) is 0 Å². The third kappa shape index (κ3) is 2.37. The first-order valence-electron chi connectivity index (χ1n) is 6.28. The first kappa shape index (κ1) is 11.9. The number of hydrogen-bond acceptors (Lipinski definition) is 4. The number of carbonyl (C=O) groups is 1. The van der Waals surface area contributed by atoms with Gasteiger partial charge in [0.2, 0.25) is 0 Å². The van der Waals surface area contributed by atoms with Gasteiger partial charge in [-0.05, 0) is 25.1 Å². The van der Waals surface area contributed by atoms with E-state index in [0.717, 1.165) is 19.5 Å². The highest BCUT2D eigenvalue weighted by atomic mass is 16.3. The molecule has 2 N–H and O–H groups in total. The third-order valence-corrected chi connectivity index (χ3v) is 3.25. The van der Waals surface area contributed by atoms with Gasteiger partial charge in [-0.15, -0.1) is 0 Å². The predicted octanol–water partition coefficient (Wildman–Crippen LogP) is 0.885. The first-order valence-corrected chi connectivity index (χ1v) is 6.28. The maximum atomic E-state index is 12.0. The summed E-state index contributed by atoms with van der Waals surface area (Å²) in [6.45, 7) is 1.65. The van der Waals surface area contributed by atoms with Crippen LogP contribution in [0.4, 0.5) is 0 Å². The highest BCUT2D eigenvalue weighted by Crippen LogP contribution is 2.12. The Balaban J connectivity index is 1.91. The summed E-state index contributed by atoms with van der Waals surface area (Å²) in [7, 11) is 0. The molecule has 0 saturated carbocycles. The number of amides is 1. The van der Waals surface area contributed by atoms with E-state index < -0.39 is 0 Å². The molecule has 5 nitrogen and oxygen atoms in total. The Morgan fingerprint density at radius 1 is 1.37 bits per heavy atom. The molecule has 98 valence electrons. The van der Waals surface area contributed by atoms with Crippen molar-refractivity contribution < 1.29 is 9.21 Å². The highest BCUT2D eigenvalue weighted by molar-refractivity contribution is 5.93. The molecule has 5 heteroatoms. The zero-order valence-corrected chi connectivity index (χ0v) is 10.3. The van der Waals surface area contributed by atoms with Crippen molar-refractivity contribution in [2.45, 2.75) is 12.5 Å². The molecule has 1 fully saturated rings. The number of fused-ring (bicyclic) bond motifs is 1. The van der Waals surface area contributed by atoms with Gasteiger partial charge in [-0.1, -0.05) is 12.1 Å². The van der Waals surface area contributed by atoms with Gasteiger partial charge >= 0.3 is 0 Å². The zero-order valence-electron chi connectivity index (χ0n) is 10.3. The standard InChI is InChI=1S/C14H14N2O3/c17-11-7-13(14(18)16-9-5-6-15-8-9)19-12-4-2-1-3-10(11)12/h1-4,7,9,15H,5-6,8H2,(H,16,18)/t9-/m0/s1. The molecule has 19 heavy (non-hydrogen) atoms. The Morgan fingerprint density at radius 2 is 2.21 bits per heavy atom. The summed E-state index contributed by atoms with van der Waals surface area (Å²) in [5.74, 6) is -0.271. The fraction of sp³-hybridized carbons (Fsp3) is 0.286. The lowest BCUT2D eigenvalue weighted by Gasteiger charge is -2.10. The average molecular weight is 258 g/mol. The Hall–Kier alpha value is -2.14. The van der Waals surface area contributed by atoms with Crippen LogP contribution in [-0.2, 0) is 0 Å². The number of benzene rings is 1. The van der Waals surface area contributed by atoms with Crippen LogP contribution in [0.3, 0.4) is 0 Å². The molecule has 0 aliphatic carbocycles. The third-order valence-electron chi connectivity index (χ3n) is 3.25. The van der Waals surface area contributed by atoms with E-state index in [1.807, 2.05) is 0 Å². The van der Waals surface area contributed by atoms with Crippen LogP contribution in [0.5, 0.6) is 0 Å². The van der Waals surface area contributed by atoms with E-state index in [9.17, 15) is 9.59 Å². The van der Waals surface area contributed by atoms with Crippen molar-refractivity contribution in [1.82, 2.24) is 10.6 Å². The van der Waals surface area contributed by atoms with E-state index in [1.54, 1.807) is 24.3 Å². The van der Waals surface area contributed by atoms with E-state index in [4.69, 9.17) is 4.42 Å². The number of para-hydroxylation sites is 1. The van der Waals surface area contributed by atoms with Crippen LogP contribution in [0.1, 0.15) is 17.0 Å². The molecule has 1 aromatic heterocycles. The summed E-state index contributed by atoms with van der Waals surface area (Å²) in [6.07, 6.45) is 0.892. The van der Waals surface area contributed by atoms with E-state index in [0.29, 0.717) is 11.0 Å². The molecule has 1 aliphatic heterocycles. The van der Waals surface area contributed by atoms with Crippen LogP contribution >= 0.6 is 0 Å².